The van der Waals surface area contributed by atoms with Crippen molar-refractivity contribution >= 4 is 28.5 Å². The van der Waals surface area contributed by atoms with Crippen LogP contribution in [0, 0.1) is 0 Å². The second-order valence-electron chi connectivity index (χ2n) is 9.40. The maximum atomic E-state index is 12.9. The predicted molar refractivity (Wildman–Crippen MR) is 130 cm³/mol. The van der Waals surface area contributed by atoms with Gasteiger partial charge in [0.25, 0.3) is 5.91 Å². The van der Waals surface area contributed by atoms with E-state index in [-0.39, 0.29) is 29.5 Å². The summed E-state index contributed by atoms with van der Waals surface area (Å²) in [5.41, 5.74) is 0.964. The number of ether oxygens (including phenoxy) is 2. The van der Waals surface area contributed by atoms with E-state index >= 15 is 0 Å². The molecule has 2 aromatic carbocycles. The van der Waals surface area contributed by atoms with E-state index in [0.717, 1.165) is 34.6 Å². The van der Waals surface area contributed by atoms with Crippen LogP contribution in [0.15, 0.2) is 42.5 Å². The summed E-state index contributed by atoms with van der Waals surface area (Å²) in [4.78, 5) is 26.8. The minimum absolute atomic E-state index is 0.0508. The zero-order valence-electron chi connectivity index (χ0n) is 20.4. The number of rotatable bonds is 5. The fraction of sp³-hybridized carbons (Fsp3) is 0.360. The molecule has 0 aliphatic carbocycles. The molecular formula is C25H25F3N4O4S. The summed E-state index contributed by atoms with van der Waals surface area (Å²) in [7, 11) is 0. The van der Waals surface area contributed by atoms with Gasteiger partial charge in [-0.1, -0.05) is 23.5 Å². The van der Waals surface area contributed by atoms with Crippen LogP contribution in [0.25, 0.3) is 0 Å². The van der Waals surface area contributed by atoms with Gasteiger partial charge in [-0.05, 0) is 68.7 Å². The first kappa shape index (κ1) is 26.4. The molecule has 3 aromatic rings. The quantitative estimate of drug-likeness (QED) is 0.453. The van der Waals surface area contributed by atoms with Crippen molar-refractivity contribution in [1.29, 1.82) is 0 Å². The van der Waals surface area contributed by atoms with Crippen LogP contribution < -0.4 is 10.1 Å². The van der Waals surface area contributed by atoms with Crippen molar-refractivity contribution in [2.45, 2.75) is 52.1 Å². The maximum absolute atomic E-state index is 12.9. The number of fused-ring (bicyclic) bond motifs is 1. The van der Waals surface area contributed by atoms with Gasteiger partial charge >= 0.3 is 12.3 Å². The van der Waals surface area contributed by atoms with E-state index in [2.05, 4.69) is 15.5 Å². The Hall–Kier alpha value is -3.67. The Kier molecular flexibility index (Phi) is 7.39. The van der Waals surface area contributed by atoms with Crippen LogP contribution in [0.4, 0.5) is 23.1 Å². The Labute approximate surface area is 215 Å². The molecule has 0 spiro atoms. The second kappa shape index (κ2) is 10.4. The molecule has 37 heavy (non-hydrogen) atoms. The second-order valence-corrected chi connectivity index (χ2v) is 10.5. The van der Waals surface area contributed by atoms with Crippen LogP contribution in [0.3, 0.4) is 0 Å². The normalized spacial score (nSPS) is 13.6. The molecule has 2 heterocycles. The number of alkyl halides is 3. The minimum Gasteiger partial charge on any atom is -0.486 e. The summed E-state index contributed by atoms with van der Waals surface area (Å²) in [6.07, 6.45) is -4.25. The summed E-state index contributed by atoms with van der Waals surface area (Å²) >= 11 is 1.06. The van der Waals surface area contributed by atoms with Crippen LogP contribution >= 0.6 is 11.3 Å². The first-order chi connectivity index (χ1) is 17.4. The zero-order valence-corrected chi connectivity index (χ0v) is 21.2. The van der Waals surface area contributed by atoms with Crippen molar-refractivity contribution in [3.8, 4) is 5.75 Å². The van der Waals surface area contributed by atoms with Crippen LogP contribution in [0.5, 0.6) is 5.75 Å². The van der Waals surface area contributed by atoms with E-state index in [1.54, 1.807) is 17.0 Å². The molecule has 0 bridgehead atoms. The summed E-state index contributed by atoms with van der Waals surface area (Å²) in [5, 5.41) is 11.2. The molecule has 0 fully saturated rings. The lowest BCUT2D eigenvalue weighted by Gasteiger charge is -2.31. The fourth-order valence-corrected chi connectivity index (χ4v) is 4.26. The van der Waals surface area contributed by atoms with Crippen molar-refractivity contribution < 1.29 is 32.2 Å². The van der Waals surface area contributed by atoms with Crippen molar-refractivity contribution in [2.75, 3.05) is 11.9 Å². The van der Waals surface area contributed by atoms with Crippen molar-refractivity contribution in [1.82, 2.24) is 15.1 Å². The third kappa shape index (κ3) is 6.97. The lowest BCUT2D eigenvalue weighted by Crippen LogP contribution is -2.39. The molecule has 0 atom stereocenters. The summed E-state index contributed by atoms with van der Waals surface area (Å²) in [6.45, 7) is 6.24. The SMILES string of the molecule is CC(C)(C)OC(=O)N1CCc2cc(C(=O)Nc3nnc(COc4cccc(C(F)(F)F)c4)s3)ccc2C1. The highest BCUT2D eigenvalue weighted by molar-refractivity contribution is 7.15. The van der Waals surface area contributed by atoms with E-state index < -0.39 is 17.3 Å². The van der Waals surface area contributed by atoms with Crippen LogP contribution in [-0.4, -0.2) is 39.2 Å². The molecular weight excluding hydrogens is 509 g/mol. The molecule has 196 valence electrons. The topological polar surface area (TPSA) is 93.7 Å². The lowest BCUT2D eigenvalue weighted by atomic mass is 9.97. The standard InChI is InChI=1S/C25H25F3N4O4S/c1-24(2,3)36-23(34)32-10-9-15-11-16(7-8-17(15)13-32)21(33)29-22-31-30-20(37-22)14-35-19-6-4-5-18(12-19)25(26,27)28/h4-8,11-12H,9-10,13-14H2,1-3H3,(H,29,31,33). The van der Waals surface area contributed by atoms with Crippen LogP contribution in [-0.2, 0) is 30.5 Å². The Morgan fingerprint density at radius 2 is 1.86 bits per heavy atom. The molecule has 1 aliphatic rings. The number of halogens is 3. The van der Waals surface area contributed by atoms with Gasteiger partial charge in [0.05, 0.1) is 5.56 Å². The average molecular weight is 535 g/mol. The van der Waals surface area contributed by atoms with Crippen molar-refractivity contribution in [3.05, 3.63) is 69.7 Å². The van der Waals surface area contributed by atoms with Crippen molar-refractivity contribution in [3.63, 3.8) is 0 Å². The van der Waals surface area contributed by atoms with Gasteiger partial charge in [0.1, 0.15) is 18.0 Å². The molecule has 2 amide bonds. The molecule has 0 radical (unpaired) electrons. The van der Waals surface area contributed by atoms with Gasteiger partial charge in [0.2, 0.25) is 5.13 Å². The lowest BCUT2D eigenvalue weighted by molar-refractivity contribution is -0.137. The molecule has 1 aromatic heterocycles. The Morgan fingerprint density at radius 3 is 2.59 bits per heavy atom. The molecule has 12 heteroatoms. The third-order valence-electron chi connectivity index (χ3n) is 5.34. The number of benzene rings is 2. The number of nitrogens with zero attached hydrogens (tertiary/aromatic N) is 3. The van der Waals surface area contributed by atoms with Gasteiger partial charge in [-0.15, -0.1) is 10.2 Å². The van der Waals surface area contributed by atoms with Crippen LogP contribution in [0.1, 0.15) is 52.8 Å². The van der Waals surface area contributed by atoms with E-state index in [1.165, 1.54) is 12.1 Å². The monoisotopic (exact) mass is 534 g/mol. The number of aromatic nitrogens is 2. The van der Waals surface area contributed by atoms with Gasteiger partial charge in [0, 0.05) is 18.7 Å². The number of carbonyl (C=O) groups excluding carboxylic acids is 2. The first-order valence-electron chi connectivity index (χ1n) is 11.4. The Balaban J connectivity index is 1.34. The zero-order chi connectivity index (χ0) is 26.8. The van der Waals surface area contributed by atoms with Gasteiger partial charge in [-0.2, -0.15) is 13.2 Å². The molecule has 0 saturated heterocycles. The largest absolute Gasteiger partial charge is 0.486 e. The van der Waals surface area contributed by atoms with E-state index in [9.17, 15) is 22.8 Å². The van der Waals surface area contributed by atoms with Crippen molar-refractivity contribution in [2.24, 2.45) is 0 Å². The number of anilines is 1. The molecule has 1 N–H and O–H groups in total. The van der Waals surface area contributed by atoms with Gasteiger partial charge in [-0.3, -0.25) is 10.1 Å². The highest BCUT2D eigenvalue weighted by Crippen LogP contribution is 2.31. The molecule has 0 unspecified atom stereocenters. The predicted octanol–water partition coefficient (Wildman–Crippen LogP) is 5.68. The first-order valence-corrected chi connectivity index (χ1v) is 12.2. The van der Waals surface area contributed by atoms with E-state index in [1.807, 2.05) is 26.8 Å². The maximum Gasteiger partial charge on any atom is 0.416 e. The van der Waals surface area contributed by atoms with E-state index in [0.29, 0.717) is 30.1 Å². The number of hydrogen-bond acceptors (Lipinski definition) is 7. The number of amides is 2. The molecule has 4 rings (SSSR count). The smallest absolute Gasteiger partial charge is 0.416 e. The average Bonchev–Trinajstić information content (AvgIpc) is 3.28. The number of hydrogen-bond donors (Lipinski definition) is 1. The van der Waals surface area contributed by atoms with Gasteiger partial charge < -0.3 is 14.4 Å². The number of carbonyl (C=O) groups is 2. The van der Waals surface area contributed by atoms with Gasteiger partial charge in [0.15, 0.2) is 5.01 Å². The molecule has 1 aliphatic heterocycles. The van der Waals surface area contributed by atoms with Gasteiger partial charge in [-0.25, -0.2) is 4.79 Å². The summed E-state index contributed by atoms with van der Waals surface area (Å²) in [6, 6.07) is 9.82. The molecule has 8 nitrogen and oxygen atoms in total. The Morgan fingerprint density at radius 1 is 1.08 bits per heavy atom. The minimum atomic E-state index is -4.46. The highest BCUT2D eigenvalue weighted by atomic mass is 32.1. The third-order valence-corrected chi connectivity index (χ3v) is 6.16. The number of nitrogens with one attached hydrogen (secondary N) is 1. The fourth-order valence-electron chi connectivity index (χ4n) is 3.62. The Bertz CT molecular complexity index is 1300. The summed E-state index contributed by atoms with van der Waals surface area (Å²) < 4.78 is 49.4. The summed E-state index contributed by atoms with van der Waals surface area (Å²) in [5.74, 6) is -0.325. The van der Waals surface area contributed by atoms with E-state index in [4.69, 9.17) is 9.47 Å². The van der Waals surface area contributed by atoms with Crippen LogP contribution in [0.2, 0.25) is 0 Å². The molecule has 0 saturated carbocycles. The highest BCUT2D eigenvalue weighted by Gasteiger charge is 2.30.